The first-order chi connectivity index (χ1) is 11.5. The van der Waals surface area contributed by atoms with Crippen LogP contribution in [0.2, 0.25) is 0 Å². The van der Waals surface area contributed by atoms with E-state index < -0.39 is 0 Å². The van der Waals surface area contributed by atoms with E-state index in [1.54, 1.807) is 31.2 Å². The van der Waals surface area contributed by atoms with Crippen LogP contribution in [0, 0.1) is 0 Å². The van der Waals surface area contributed by atoms with Gasteiger partial charge < -0.3 is 11.1 Å². The number of hydrogen-bond donors (Lipinski definition) is 3. The number of carbonyl (C=O) groups is 2. The third-order valence-corrected chi connectivity index (χ3v) is 3.31. The normalized spacial score (nSPS) is 11.0. The molecule has 0 aliphatic heterocycles. The number of nitrogens with zero attached hydrogens (tertiary/aromatic N) is 1. The maximum absolute atomic E-state index is 11.8. The van der Waals surface area contributed by atoms with Crippen molar-refractivity contribution in [2.24, 2.45) is 5.10 Å². The second-order valence-electron chi connectivity index (χ2n) is 5.27. The largest absolute Gasteiger partial charge is 0.399 e. The number of amides is 2. The molecule has 0 unspecified atom stereocenters. The number of anilines is 2. The molecule has 2 aromatic rings. The van der Waals surface area contributed by atoms with Crippen LogP contribution in [0.15, 0.2) is 59.7 Å². The van der Waals surface area contributed by atoms with Gasteiger partial charge in [0.25, 0.3) is 0 Å². The van der Waals surface area contributed by atoms with Gasteiger partial charge in [-0.05, 0) is 36.8 Å². The quantitative estimate of drug-likeness (QED) is 0.433. The summed E-state index contributed by atoms with van der Waals surface area (Å²) in [7, 11) is 0. The van der Waals surface area contributed by atoms with Gasteiger partial charge in [0, 0.05) is 24.2 Å². The van der Waals surface area contributed by atoms with Crippen LogP contribution in [0.25, 0.3) is 0 Å². The summed E-state index contributed by atoms with van der Waals surface area (Å²) in [4.78, 5) is 23.5. The minimum Gasteiger partial charge on any atom is -0.399 e. The average Bonchev–Trinajstić information content (AvgIpc) is 2.59. The van der Waals surface area contributed by atoms with E-state index in [-0.39, 0.29) is 24.7 Å². The summed E-state index contributed by atoms with van der Waals surface area (Å²) >= 11 is 0. The Morgan fingerprint density at radius 3 is 2.25 bits per heavy atom. The Morgan fingerprint density at radius 1 is 0.958 bits per heavy atom. The topological polar surface area (TPSA) is 96.6 Å². The first-order valence-electron chi connectivity index (χ1n) is 7.58. The Balaban J connectivity index is 1.77. The molecule has 0 saturated carbocycles. The van der Waals surface area contributed by atoms with Crippen LogP contribution in [-0.4, -0.2) is 17.5 Å². The first-order valence-corrected chi connectivity index (χ1v) is 7.58. The smallest absolute Gasteiger partial charge is 0.240 e. The van der Waals surface area contributed by atoms with E-state index in [1.807, 2.05) is 30.3 Å². The van der Waals surface area contributed by atoms with Crippen LogP contribution in [-0.2, 0) is 9.59 Å². The Bertz CT molecular complexity index is 724. The van der Waals surface area contributed by atoms with Gasteiger partial charge in [0.05, 0.1) is 5.71 Å². The van der Waals surface area contributed by atoms with Crippen LogP contribution in [0.3, 0.4) is 0 Å². The monoisotopic (exact) mass is 324 g/mol. The zero-order valence-electron chi connectivity index (χ0n) is 13.5. The highest BCUT2D eigenvalue weighted by Crippen LogP contribution is 2.07. The summed E-state index contributed by atoms with van der Waals surface area (Å²) in [5.41, 5.74) is 11.0. The number of hydrazone groups is 1. The van der Waals surface area contributed by atoms with Crippen molar-refractivity contribution in [3.05, 3.63) is 60.2 Å². The molecule has 4 N–H and O–H groups in total. The molecule has 0 spiro atoms. The van der Waals surface area contributed by atoms with Gasteiger partial charge in [0.1, 0.15) is 0 Å². The van der Waals surface area contributed by atoms with Crippen molar-refractivity contribution in [2.75, 3.05) is 11.1 Å². The number of nitrogen functional groups attached to an aromatic ring is 1. The van der Waals surface area contributed by atoms with Crippen molar-refractivity contribution in [3.8, 4) is 0 Å². The van der Waals surface area contributed by atoms with Gasteiger partial charge in [0.15, 0.2) is 0 Å². The van der Waals surface area contributed by atoms with E-state index >= 15 is 0 Å². The molecule has 24 heavy (non-hydrogen) atoms. The van der Waals surface area contributed by atoms with Crippen LogP contribution >= 0.6 is 0 Å². The molecular formula is C18H20N4O2. The fourth-order valence-electron chi connectivity index (χ4n) is 1.96. The van der Waals surface area contributed by atoms with E-state index in [1.165, 1.54) is 0 Å². The fourth-order valence-corrected chi connectivity index (χ4v) is 1.96. The Kier molecular flexibility index (Phi) is 6.08. The van der Waals surface area contributed by atoms with Gasteiger partial charge in [-0.25, -0.2) is 5.43 Å². The van der Waals surface area contributed by atoms with E-state index in [2.05, 4.69) is 15.8 Å². The third-order valence-electron chi connectivity index (χ3n) is 3.31. The second-order valence-corrected chi connectivity index (χ2v) is 5.27. The van der Waals surface area contributed by atoms with Crippen molar-refractivity contribution in [2.45, 2.75) is 19.8 Å². The van der Waals surface area contributed by atoms with Gasteiger partial charge >= 0.3 is 0 Å². The van der Waals surface area contributed by atoms with Gasteiger partial charge in [-0.3, -0.25) is 9.59 Å². The van der Waals surface area contributed by atoms with Crippen molar-refractivity contribution >= 4 is 28.9 Å². The van der Waals surface area contributed by atoms with Gasteiger partial charge in [-0.2, -0.15) is 5.10 Å². The van der Waals surface area contributed by atoms with Gasteiger partial charge in [0.2, 0.25) is 11.8 Å². The number of nitrogens with two attached hydrogens (primary N) is 1. The molecule has 0 aliphatic rings. The summed E-state index contributed by atoms with van der Waals surface area (Å²) in [6.45, 7) is 1.79. The second kappa shape index (κ2) is 8.47. The number of para-hydroxylation sites is 1. The molecule has 2 aromatic carbocycles. The summed E-state index contributed by atoms with van der Waals surface area (Å²) in [5.74, 6) is -0.524. The number of rotatable bonds is 6. The molecule has 6 heteroatoms. The standard InChI is InChI=1S/C18H20N4O2/c1-13(14-7-9-15(19)10-8-14)21-22-18(24)12-11-17(23)20-16-5-3-2-4-6-16/h2-10H,11-12,19H2,1H3,(H,20,23)(H,22,24)/b21-13+. The SMILES string of the molecule is C/C(=N\NC(=O)CCC(=O)Nc1ccccc1)c1ccc(N)cc1. The molecule has 2 amide bonds. The summed E-state index contributed by atoms with van der Waals surface area (Å²) in [6.07, 6.45) is 0.161. The predicted octanol–water partition coefficient (Wildman–Crippen LogP) is 2.53. The molecule has 0 atom stereocenters. The lowest BCUT2D eigenvalue weighted by molar-refractivity contribution is -0.124. The summed E-state index contributed by atoms with van der Waals surface area (Å²) in [5, 5.41) is 6.76. The number of carbonyl (C=O) groups excluding carboxylic acids is 2. The average molecular weight is 324 g/mol. The zero-order chi connectivity index (χ0) is 17.4. The molecule has 0 heterocycles. The Hall–Kier alpha value is -3.15. The van der Waals surface area contributed by atoms with Crippen molar-refractivity contribution in [1.29, 1.82) is 0 Å². The van der Waals surface area contributed by atoms with Crippen LogP contribution in [0.1, 0.15) is 25.3 Å². The lowest BCUT2D eigenvalue weighted by Gasteiger charge is -2.05. The molecule has 0 radical (unpaired) electrons. The highest BCUT2D eigenvalue weighted by Gasteiger charge is 2.07. The molecule has 0 fully saturated rings. The maximum Gasteiger partial charge on any atom is 0.240 e. The zero-order valence-corrected chi connectivity index (χ0v) is 13.5. The highest BCUT2D eigenvalue weighted by atomic mass is 16.2. The molecule has 124 valence electrons. The van der Waals surface area contributed by atoms with E-state index in [0.717, 1.165) is 5.56 Å². The Labute approximate surface area is 140 Å². The summed E-state index contributed by atoms with van der Waals surface area (Å²) < 4.78 is 0. The van der Waals surface area contributed by atoms with Gasteiger partial charge in [-0.1, -0.05) is 30.3 Å². The summed E-state index contributed by atoms with van der Waals surface area (Å²) in [6, 6.07) is 16.3. The molecule has 6 nitrogen and oxygen atoms in total. The maximum atomic E-state index is 11.8. The van der Waals surface area contributed by atoms with E-state index in [9.17, 15) is 9.59 Å². The predicted molar refractivity (Wildman–Crippen MR) is 95.5 cm³/mol. The Morgan fingerprint density at radius 2 is 1.58 bits per heavy atom. The highest BCUT2D eigenvalue weighted by molar-refractivity contribution is 5.99. The van der Waals surface area contributed by atoms with Crippen molar-refractivity contribution < 1.29 is 9.59 Å². The van der Waals surface area contributed by atoms with Crippen molar-refractivity contribution in [3.63, 3.8) is 0 Å². The van der Waals surface area contributed by atoms with Crippen LogP contribution in [0.4, 0.5) is 11.4 Å². The lowest BCUT2D eigenvalue weighted by Crippen LogP contribution is -2.21. The minimum absolute atomic E-state index is 0.0667. The molecule has 0 saturated heterocycles. The van der Waals surface area contributed by atoms with Gasteiger partial charge in [-0.15, -0.1) is 0 Å². The van der Waals surface area contributed by atoms with Crippen molar-refractivity contribution in [1.82, 2.24) is 5.43 Å². The fraction of sp³-hybridized carbons (Fsp3) is 0.167. The first kappa shape index (κ1) is 17.2. The lowest BCUT2D eigenvalue weighted by atomic mass is 10.1. The van der Waals surface area contributed by atoms with Crippen LogP contribution < -0.4 is 16.5 Å². The minimum atomic E-state index is -0.312. The number of nitrogens with one attached hydrogen (secondary N) is 2. The van der Waals surface area contributed by atoms with E-state index in [4.69, 9.17) is 5.73 Å². The van der Waals surface area contributed by atoms with E-state index in [0.29, 0.717) is 17.1 Å². The molecular weight excluding hydrogens is 304 g/mol. The number of benzene rings is 2. The number of hydrogen-bond acceptors (Lipinski definition) is 4. The molecule has 0 aliphatic carbocycles. The molecule has 0 aromatic heterocycles. The molecule has 0 bridgehead atoms. The molecule has 2 rings (SSSR count). The van der Waals surface area contributed by atoms with Crippen LogP contribution in [0.5, 0.6) is 0 Å². The third kappa shape index (κ3) is 5.57.